The Balaban J connectivity index is 1.48. The number of amides is 2. The minimum absolute atomic E-state index is 0.0578. The molecule has 192 valence electrons. The third-order valence-electron chi connectivity index (χ3n) is 5.72. The molecule has 4 rings (SSSR count). The molecule has 0 fully saturated rings. The number of carbonyl (C=O) groups is 3. The van der Waals surface area contributed by atoms with E-state index in [1.807, 2.05) is 6.07 Å². The van der Waals surface area contributed by atoms with E-state index in [1.54, 1.807) is 54.9 Å². The number of nitrogens with one attached hydrogen (secondary N) is 5. The first kappa shape index (κ1) is 25.2. The monoisotopic (exact) mass is 505 g/mol. The van der Waals surface area contributed by atoms with Crippen molar-refractivity contribution in [1.29, 1.82) is 0 Å². The lowest BCUT2D eigenvalue weighted by Gasteiger charge is -2.31. The first-order valence-electron chi connectivity index (χ1n) is 11.7. The van der Waals surface area contributed by atoms with Crippen molar-refractivity contribution >= 4 is 34.8 Å². The fourth-order valence-corrected chi connectivity index (χ4v) is 3.81. The number of aromatic amines is 2. The number of aromatic nitrogens is 4. The summed E-state index contributed by atoms with van der Waals surface area (Å²) in [6.07, 6.45) is 4.61. The molecular formula is C25H27N7O5. The van der Waals surface area contributed by atoms with Crippen molar-refractivity contribution < 1.29 is 24.2 Å². The zero-order valence-corrected chi connectivity index (χ0v) is 19.9. The van der Waals surface area contributed by atoms with Crippen molar-refractivity contribution in [3.05, 3.63) is 78.2 Å². The molecule has 0 aliphatic rings. The maximum atomic E-state index is 13.2. The number of unbranched alkanes of at least 4 members (excludes halogenated alkanes) is 1. The minimum Gasteiger partial charge on any atom is -0.478 e. The van der Waals surface area contributed by atoms with Gasteiger partial charge in [-0.2, -0.15) is 5.10 Å². The molecule has 2 heterocycles. The van der Waals surface area contributed by atoms with E-state index in [0.29, 0.717) is 36.2 Å². The number of anilines is 1. The van der Waals surface area contributed by atoms with Crippen LogP contribution in [-0.2, 0) is 16.1 Å². The molecule has 2 amide bonds. The number of hydrogen-bond acceptors (Lipinski definition) is 7. The van der Waals surface area contributed by atoms with Crippen molar-refractivity contribution in [2.24, 2.45) is 0 Å². The summed E-state index contributed by atoms with van der Waals surface area (Å²) in [5, 5.41) is 25.4. The number of benzene rings is 2. The second-order valence-corrected chi connectivity index (χ2v) is 8.31. The number of fused-ring (bicyclic) bond motifs is 1. The van der Waals surface area contributed by atoms with Crippen LogP contribution in [0.2, 0.25) is 0 Å². The van der Waals surface area contributed by atoms with Crippen LogP contribution in [0.1, 0.15) is 35.2 Å². The normalized spacial score (nSPS) is 12.4. The maximum Gasteiger partial charge on any atom is 0.409 e. The summed E-state index contributed by atoms with van der Waals surface area (Å²) < 4.78 is 5.25. The molecule has 0 bridgehead atoms. The number of carboxylic acid groups (broad SMARTS) is 1. The summed E-state index contributed by atoms with van der Waals surface area (Å²) in [4.78, 5) is 45.4. The van der Waals surface area contributed by atoms with Crippen LogP contribution in [-0.4, -0.2) is 55.4 Å². The van der Waals surface area contributed by atoms with Crippen LogP contribution in [0.25, 0.3) is 10.9 Å². The Hall–Kier alpha value is -4.87. The van der Waals surface area contributed by atoms with Crippen molar-refractivity contribution in [1.82, 2.24) is 30.8 Å². The van der Waals surface area contributed by atoms with Gasteiger partial charge in [-0.05, 0) is 30.5 Å². The summed E-state index contributed by atoms with van der Waals surface area (Å²) >= 11 is 0. The molecule has 2 aromatic heterocycles. The molecule has 0 spiro atoms. The fraction of sp³-hybridized carbons (Fsp3) is 0.240. The number of carboxylic acids is 1. The molecule has 4 aromatic rings. The van der Waals surface area contributed by atoms with Gasteiger partial charge in [-0.3, -0.25) is 15.2 Å². The van der Waals surface area contributed by atoms with Gasteiger partial charge in [0.1, 0.15) is 6.61 Å². The Bertz CT molecular complexity index is 1340. The molecule has 0 saturated heterocycles. The standard InChI is InChI=1S/C25H27N7O5/c33-21(18-9-6-10-20-19(18)15-29-32-20)30-25(22(34)35,11-4-5-12-26-23-27-13-14-28-23)31-24(36)37-16-17-7-2-1-3-8-17/h1-3,6-10,13-15H,4-5,11-12,16H2,(H,29,32)(H,30,33)(H,31,36)(H,34,35)(H2,26,27,28). The molecule has 6 N–H and O–H groups in total. The zero-order valence-electron chi connectivity index (χ0n) is 19.9. The van der Waals surface area contributed by atoms with E-state index in [9.17, 15) is 19.5 Å². The number of hydrogen-bond donors (Lipinski definition) is 6. The Labute approximate surface area is 211 Å². The maximum absolute atomic E-state index is 13.2. The summed E-state index contributed by atoms with van der Waals surface area (Å²) in [6, 6.07) is 13.9. The molecule has 0 aliphatic heterocycles. The number of ether oxygens (including phenoxy) is 1. The van der Waals surface area contributed by atoms with E-state index < -0.39 is 23.6 Å². The van der Waals surface area contributed by atoms with Crippen LogP contribution < -0.4 is 16.0 Å². The highest BCUT2D eigenvalue weighted by atomic mass is 16.5. The van der Waals surface area contributed by atoms with Gasteiger partial charge in [0.2, 0.25) is 5.66 Å². The molecule has 0 saturated carbocycles. The SMILES string of the molecule is O=C(NC(CCCCNc1ncc[nH]1)(NC(=O)c1cccc2[nH]ncc12)C(=O)O)OCc1ccccc1. The number of rotatable bonds is 12. The van der Waals surface area contributed by atoms with Gasteiger partial charge in [0.15, 0.2) is 5.95 Å². The van der Waals surface area contributed by atoms with Crippen LogP contribution in [0.3, 0.4) is 0 Å². The van der Waals surface area contributed by atoms with Crippen molar-refractivity contribution in [3.63, 3.8) is 0 Å². The van der Waals surface area contributed by atoms with Gasteiger partial charge in [-0.15, -0.1) is 0 Å². The summed E-state index contributed by atoms with van der Waals surface area (Å²) in [5.74, 6) is -1.50. The Morgan fingerprint density at radius 1 is 1.03 bits per heavy atom. The van der Waals surface area contributed by atoms with Gasteiger partial charge >= 0.3 is 12.1 Å². The van der Waals surface area contributed by atoms with E-state index in [-0.39, 0.29) is 18.6 Å². The third kappa shape index (κ3) is 6.42. The van der Waals surface area contributed by atoms with Crippen LogP contribution in [0.5, 0.6) is 0 Å². The van der Waals surface area contributed by atoms with Crippen LogP contribution in [0.15, 0.2) is 67.1 Å². The van der Waals surface area contributed by atoms with E-state index >= 15 is 0 Å². The summed E-state index contributed by atoms with van der Waals surface area (Å²) in [7, 11) is 0. The average molecular weight is 506 g/mol. The van der Waals surface area contributed by atoms with E-state index in [4.69, 9.17) is 4.74 Å². The lowest BCUT2D eigenvalue weighted by Crippen LogP contribution is -2.65. The molecule has 12 nitrogen and oxygen atoms in total. The molecule has 0 radical (unpaired) electrons. The average Bonchev–Trinajstić information content (AvgIpc) is 3.59. The van der Waals surface area contributed by atoms with Crippen molar-refractivity contribution in [3.8, 4) is 0 Å². The lowest BCUT2D eigenvalue weighted by molar-refractivity contribution is -0.146. The molecule has 2 aromatic carbocycles. The number of alkyl carbamates (subject to hydrolysis) is 1. The number of imidazole rings is 1. The Morgan fingerprint density at radius 2 is 1.86 bits per heavy atom. The molecule has 1 atom stereocenters. The van der Waals surface area contributed by atoms with Crippen LogP contribution >= 0.6 is 0 Å². The predicted molar refractivity (Wildman–Crippen MR) is 135 cm³/mol. The van der Waals surface area contributed by atoms with Crippen molar-refractivity contribution in [2.45, 2.75) is 31.5 Å². The zero-order chi connectivity index (χ0) is 26.1. The van der Waals surface area contributed by atoms with Gasteiger partial charge in [0, 0.05) is 30.7 Å². The van der Waals surface area contributed by atoms with E-state index in [2.05, 4.69) is 36.1 Å². The second-order valence-electron chi connectivity index (χ2n) is 8.31. The third-order valence-corrected chi connectivity index (χ3v) is 5.72. The fourth-order valence-electron chi connectivity index (χ4n) is 3.81. The second kappa shape index (κ2) is 11.7. The van der Waals surface area contributed by atoms with Crippen LogP contribution in [0.4, 0.5) is 10.7 Å². The van der Waals surface area contributed by atoms with Gasteiger partial charge in [-0.25, -0.2) is 14.6 Å². The number of nitrogens with zero attached hydrogens (tertiary/aromatic N) is 2. The first-order valence-corrected chi connectivity index (χ1v) is 11.7. The summed E-state index contributed by atoms with van der Waals surface area (Å²) in [6.45, 7) is 0.446. The summed E-state index contributed by atoms with van der Waals surface area (Å²) in [5.41, 5.74) is -0.539. The Kier molecular flexibility index (Phi) is 7.98. The topological polar surface area (TPSA) is 174 Å². The van der Waals surface area contributed by atoms with Gasteiger partial charge in [0.25, 0.3) is 5.91 Å². The highest BCUT2D eigenvalue weighted by Gasteiger charge is 2.42. The number of carbonyl (C=O) groups excluding carboxylic acids is 2. The van der Waals surface area contributed by atoms with Gasteiger partial charge in [-0.1, -0.05) is 36.4 Å². The molecule has 1 unspecified atom stereocenters. The Morgan fingerprint density at radius 3 is 2.62 bits per heavy atom. The van der Waals surface area contributed by atoms with Crippen molar-refractivity contribution in [2.75, 3.05) is 11.9 Å². The first-order chi connectivity index (χ1) is 18.0. The molecule has 0 aliphatic carbocycles. The highest BCUT2D eigenvalue weighted by molar-refractivity contribution is 6.07. The van der Waals surface area contributed by atoms with Crippen LogP contribution in [0, 0.1) is 0 Å². The molecular weight excluding hydrogens is 478 g/mol. The number of aliphatic carboxylic acids is 1. The minimum atomic E-state index is -2.11. The largest absolute Gasteiger partial charge is 0.478 e. The van der Waals surface area contributed by atoms with E-state index in [1.165, 1.54) is 6.20 Å². The molecule has 37 heavy (non-hydrogen) atoms. The highest BCUT2D eigenvalue weighted by Crippen LogP contribution is 2.19. The molecule has 12 heteroatoms. The predicted octanol–water partition coefficient (Wildman–Crippen LogP) is 3.01. The van der Waals surface area contributed by atoms with E-state index in [0.717, 1.165) is 5.56 Å². The van der Waals surface area contributed by atoms with Gasteiger partial charge < -0.3 is 25.5 Å². The smallest absolute Gasteiger partial charge is 0.409 e. The van der Waals surface area contributed by atoms with Gasteiger partial charge in [0.05, 0.1) is 17.3 Å². The quantitative estimate of drug-likeness (QED) is 0.126. The lowest BCUT2D eigenvalue weighted by atomic mass is 10.0. The number of H-pyrrole nitrogens is 2.